The van der Waals surface area contributed by atoms with Gasteiger partial charge in [0.2, 0.25) is 0 Å². The second-order valence-electron chi connectivity index (χ2n) is 4.84. The van der Waals surface area contributed by atoms with Crippen LogP contribution in [0.3, 0.4) is 0 Å². The van der Waals surface area contributed by atoms with Crippen molar-refractivity contribution in [2.24, 2.45) is 0 Å². The van der Waals surface area contributed by atoms with Gasteiger partial charge in [-0.1, -0.05) is 18.2 Å². The average molecular weight is 260 g/mol. The molecule has 1 aromatic heterocycles. The van der Waals surface area contributed by atoms with E-state index in [1.165, 1.54) is 0 Å². The summed E-state index contributed by atoms with van der Waals surface area (Å²) in [5, 5.41) is 14.3. The van der Waals surface area contributed by atoms with E-state index in [4.69, 9.17) is 4.74 Å². The van der Waals surface area contributed by atoms with Crippen LogP contribution in [0, 0.1) is 20.8 Å². The van der Waals surface area contributed by atoms with Gasteiger partial charge in [-0.3, -0.25) is 4.68 Å². The molecule has 1 heterocycles. The van der Waals surface area contributed by atoms with E-state index in [0.717, 1.165) is 22.7 Å². The normalized spacial score (nSPS) is 12.4. The van der Waals surface area contributed by atoms with Gasteiger partial charge < -0.3 is 9.84 Å². The first-order valence-electron chi connectivity index (χ1n) is 6.44. The number of hydrogen-bond acceptors (Lipinski definition) is 3. The van der Waals surface area contributed by atoms with E-state index in [-0.39, 0.29) is 6.61 Å². The maximum atomic E-state index is 10.0. The summed E-state index contributed by atoms with van der Waals surface area (Å²) in [5.74, 6) is 0.815. The molecule has 0 bridgehead atoms. The van der Waals surface area contributed by atoms with Crippen molar-refractivity contribution >= 4 is 0 Å². The van der Waals surface area contributed by atoms with Crippen molar-refractivity contribution in [3.8, 4) is 5.75 Å². The number of aliphatic hydroxyl groups excluding tert-OH is 1. The lowest BCUT2D eigenvalue weighted by Gasteiger charge is -2.14. The van der Waals surface area contributed by atoms with Crippen LogP contribution in [0.25, 0.3) is 0 Å². The minimum absolute atomic E-state index is 0.267. The third-order valence-corrected chi connectivity index (χ3v) is 3.01. The Hall–Kier alpha value is -1.81. The summed E-state index contributed by atoms with van der Waals surface area (Å²) < 4.78 is 7.43. The zero-order chi connectivity index (χ0) is 13.8. The maximum Gasteiger partial charge on any atom is 0.122 e. The summed E-state index contributed by atoms with van der Waals surface area (Å²) in [4.78, 5) is 0. The monoisotopic (exact) mass is 260 g/mol. The fourth-order valence-corrected chi connectivity index (χ4v) is 2.02. The molecule has 19 heavy (non-hydrogen) atoms. The van der Waals surface area contributed by atoms with Crippen molar-refractivity contribution in [1.29, 1.82) is 0 Å². The highest BCUT2D eigenvalue weighted by atomic mass is 16.5. The summed E-state index contributed by atoms with van der Waals surface area (Å²) >= 11 is 0. The smallest absolute Gasteiger partial charge is 0.122 e. The second-order valence-corrected chi connectivity index (χ2v) is 4.84. The van der Waals surface area contributed by atoms with Crippen LogP contribution in [-0.2, 0) is 6.54 Å². The molecule has 0 aliphatic heterocycles. The molecule has 1 aromatic carbocycles. The zero-order valence-electron chi connectivity index (χ0n) is 11.6. The summed E-state index contributed by atoms with van der Waals surface area (Å²) in [6.45, 7) is 6.63. The van der Waals surface area contributed by atoms with Crippen molar-refractivity contribution in [3.63, 3.8) is 0 Å². The molecule has 0 saturated carbocycles. The Morgan fingerprint density at radius 2 is 2.00 bits per heavy atom. The number of aliphatic hydroxyl groups is 1. The second kappa shape index (κ2) is 5.89. The number of ether oxygens (including phenoxy) is 1. The summed E-state index contributed by atoms with van der Waals surface area (Å²) in [5.41, 5.74) is 3.08. The molecule has 0 spiro atoms. The van der Waals surface area contributed by atoms with E-state index in [0.29, 0.717) is 6.54 Å². The molecule has 0 saturated heterocycles. The Bertz CT molecular complexity index is 549. The quantitative estimate of drug-likeness (QED) is 0.897. The SMILES string of the molecule is Cc1cc(C)n(C[C@H](O)COc2ccccc2C)n1. The largest absolute Gasteiger partial charge is 0.491 e. The Kier molecular flexibility index (Phi) is 4.22. The minimum Gasteiger partial charge on any atom is -0.491 e. The Morgan fingerprint density at radius 1 is 1.26 bits per heavy atom. The third-order valence-electron chi connectivity index (χ3n) is 3.01. The van der Waals surface area contributed by atoms with Gasteiger partial charge in [0.1, 0.15) is 18.5 Å². The maximum absolute atomic E-state index is 10.0. The van der Waals surface area contributed by atoms with E-state index in [1.807, 2.05) is 51.1 Å². The van der Waals surface area contributed by atoms with Crippen molar-refractivity contribution < 1.29 is 9.84 Å². The minimum atomic E-state index is -0.572. The average Bonchev–Trinajstić information content (AvgIpc) is 2.67. The molecule has 0 amide bonds. The molecule has 1 N–H and O–H groups in total. The van der Waals surface area contributed by atoms with Gasteiger partial charge in [0.05, 0.1) is 12.2 Å². The van der Waals surface area contributed by atoms with Gasteiger partial charge in [0.25, 0.3) is 0 Å². The number of aryl methyl sites for hydroxylation is 3. The van der Waals surface area contributed by atoms with Crippen LogP contribution in [-0.4, -0.2) is 27.6 Å². The van der Waals surface area contributed by atoms with Gasteiger partial charge in [-0.25, -0.2) is 0 Å². The van der Waals surface area contributed by atoms with Crippen LogP contribution in [0.1, 0.15) is 17.0 Å². The van der Waals surface area contributed by atoms with Crippen molar-refractivity contribution in [2.45, 2.75) is 33.4 Å². The fraction of sp³-hybridized carbons (Fsp3) is 0.400. The molecule has 0 aliphatic carbocycles. The summed E-state index contributed by atoms with van der Waals surface area (Å²) in [6, 6.07) is 9.78. The molecule has 0 fully saturated rings. The lowest BCUT2D eigenvalue weighted by Crippen LogP contribution is -2.25. The molecule has 1 atom stereocenters. The molecular formula is C15H20N2O2. The van der Waals surface area contributed by atoms with E-state index >= 15 is 0 Å². The van der Waals surface area contributed by atoms with E-state index in [9.17, 15) is 5.11 Å². The van der Waals surface area contributed by atoms with Crippen molar-refractivity contribution in [3.05, 3.63) is 47.3 Å². The highest BCUT2D eigenvalue weighted by Gasteiger charge is 2.10. The molecule has 2 rings (SSSR count). The number of rotatable bonds is 5. The third kappa shape index (κ3) is 3.58. The fourth-order valence-electron chi connectivity index (χ4n) is 2.02. The van der Waals surface area contributed by atoms with Gasteiger partial charge in [0, 0.05) is 5.69 Å². The van der Waals surface area contributed by atoms with E-state index < -0.39 is 6.10 Å². The van der Waals surface area contributed by atoms with E-state index in [1.54, 1.807) is 4.68 Å². The lowest BCUT2D eigenvalue weighted by molar-refractivity contribution is 0.0884. The molecule has 0 unspecified atom stereocenters. The first-order valence-corrected chi connectivity index (χ1v) is 6.44. The van der Waals surface area contributed by atoms with Gasteiger partial charge in [0.15, 0.2) is 0 Å². The number of para-hydroxylation sites is 1. The standard InChI is InChI=1S/C15H20N2O2/c1-11-6-4-5-7-15(11)19-10-14(18)9-17-13(3)8-12(2)16-17/h4-8,14,18H,9-10H2,1-3H3/t14-/m0/s1. The Balaban J connectivity index is 1.90. The molecular weight excluding hydrogens is 240 g/mol. The molecule has 4 heteroatoms. The molecule has 0 radical (unpaired) electrons. The summed E-state index contributed by atoms with van der Waals surface area (Å²) in [7, 11) is 0. The van der Waals surface area contributed by atoms with Gasteiger partial charge in [-0.2, -0.15) is 5.10 Å². The zero-order valence-corrected chi connectivity index (χ0v) is 11.6. The predicted octanol–water partition coefficient (Wildman–Crippen LogP) is 2.25. The molecule has 102 valence electrons. The Labute approximate surface area is 113 Å². The van der Waals surface area contributed by atoms with Gasteiger partial charge in [-0.15, -0.1) is 0 Å². The van der Waals surface area contributed by atoms with Gasteiger partial charge >= 0.3 is 0 Å². The first kappa shape index (κ1) is 13.6. The molecule has 2 aromatic rings. The topological polar surface area (TPSA) is 47.3 Å². The first-order chi connectivity index (χ1) is 9.06. The molecule has 4 nitrogen and oxygen atoms in total. The summed E-state index contributed by atoms with van der Waals surface area (Å²) in [6.07, 6.45) is -0.572. The number of hydrogen-bond donors (Lipinski definition) is 1. The van der Waals surface area contributed by atoms with Crippen LogP contribution >= 0.6 is 0 Å². The van der Waals surface area contributed by atoms with Crippen molar-refractivity contribution in [2.75, 3.05) is 6.61 Å². The van der Waals surface area contributed by atoms with Crippen LogP contribution < -0.4 is 4.74 Å². The highest BCUT2D eigenvalue weighted by molar-refractivity contribution is 5.31. The van der Waals surface area contributed by atoms with Crippen molar-refractivity contribution in [1.82, 2.24) is 9.78 Å². The predicted molar refractivity (Wildman–Crippen MR) is 74.4 cm³/mol. The number of nitrogens with zero attached hydrogens (tertiary/aromatic N) is 2. The molecule has 0 aliphatic rings. The highest BCUT2D eigenvalue weighted by Crippen LogP contribution is 2.16. The van der Waals surface area contributed by atoms with Gasteiger partial charge in [-0.05, 0) is 38.5 Å². The number of benzene rings is 1. The van der Waals surface area contributed by atoms with Crippen LogP contribution in [0.2, 0.25) is 0 Å². The van der Waals surface area contributed by atoms with Crippen LogP contribution in [0.4, 0.5) is 0 Å². The number of aromatic nitrogens is 2. The van der Waals surface area contributed by atoms with Crippen LogP contribution in [0.5, 0.6) is 5.75 Å². The van der Waals surface area contributed by atoms with Crippen LogP contribution in [0.15, 0.2) is 30.3 Å². The Morgan fingerprint density at radius 3 is 2.63 bits per heavy atom. The lowest BCUT2D eigenvalue weighted by atomic mass is 10.2. The van der Waals surface area contributed by atoms with E-state index in [2.05, 4.69) is 5.10 Å².